The average Bonchev–Trinajstić information content (AvgIpc) is 3.42. The minimum absolute atomic E-state index is 0.684. The summed E-state index contributed by atoms with van der Waals surface area (Å²) in [5.74, 6) is 1.68. The van der Waals surface area contributed by atoms with Crippen molar-refractivity contribution >= 4 is 23.0 Å². The molecule has 9 heteroatoms. The normalized spacial score (nSPS) is 14.6. The van der Waals surface area contributed by atoms with Crippen molar-refractivity contribution in [3.05, 3.63) is 49.3 Å². The monoisotopic (exact) mass is 361 g/mol. The number of anilines is 3. The van der Waals surface area contributed by atoms with Crippen molar-refractivity contribution in [2.45, 2.75) is 0 Å². The summed E-state index contributed by atoms with van der Waals surface area (Å²) in [7, 11) is 0. The van der Waals surface area contributed by atoms with Gasteiger partial charge in [-0.2, -0.15) is 5.10 Å². The molecule has 0 radical (unpaired) electrons. The Kier molecular flexibility index (Phi) is 3.91. The van der Waals surface area contributed by atoms with E-state index in [9.17, 15) is 0 Å². The molecule has 27 heavy (non-hydrogen) atoms. The lowest BCUT2D eigenvalue weighted by Gasteiger charge is -2.28. The Morgan fingerprint density at radius 1 is 1.00 bits per heavy atom. The summed E-state index contributed by atoms with van der Waals surface area (Å²) in [5, 5.41) is 13.5. The topological polar surface area (TPSA) is 99.1 Å². The van der Waals surface area contributed by atoms with Crippen LogP contribution in [-0.2, 0) is 0 Å². The van der Waals surface area contributed by atoms with Gasteiger partial charge >= 0.3 is 0 Å². The highest BCUT2D eigenvalue weighted by Crippen LogP contribution is 2.25. The molecule has 136 valence electrons. The van der Waals surface area contributed by atoms with Gasteiger partial charge in [0.1, 0.15) is 5.82 Å². The molecule has 4 aromatic heterocycles. The molecule has 3 N–H and O–H groups in total. The number of aromatic amines is 1. The van der Waals surface area contributed by atoms with E-state index in [0.29, 0.717) is 5.82 Å². The lowest BCUT2D eigenvalue weighted by atomic mass is 10.2. The van der Waals surface area contributed by atoms with Crippen molar-refractivity contribution < 1.29 is 0 Å². The lowest BCUT2D eigenvalue weighted by Crippen LogP contribution is -2.43. The van der Waals surface area contributed by atoms with Gasteiger partial charge in [-0.1, -0.05) is 0 Å². The number of nitrogens with one attached hydrogen (secondary N) is 3. The highest BCUT2D eigenvalue weighted by atomic mass is 15.2. The first-order chi connectivity index (χ1) is 13.4. The van der Waals surface area contributed by atoms with Gasteiger partial charge in [-0.05, 0) is 12.1 Å². The lowest BCUT2D eigenvalue weighted by molar-refractivity contribution is 0.585. The third-order valence-electron chi connectivity index (χ3n) is 4.67. The smallest absolute Gasteiger partial charge is 0.180 e. The molecule has 0 spiro atoms. The van der Waals surface area contributed by atoms with E-state index in [1.807, 2.05) is 41.3 Å². The summed E-state index contributed by atoms with van der Waals surface area (Å²) in [5.41, 5.74) is 3.51. The molecule has 0 aromatic carbocycles. The Morgan fingerprint density at radius 3 is 2.70 bits per heavy atom. The number of hydrogen-bond donors (Lipinski definition) is 3. The van der Waals surface area contributed by atoms with Crippen molar-refractivity contribution in [1.29, 1.82) is 0 Å². The van der Waals surface area contributed by atoms with Crippen LogP contribution in [0.25, 0.3) is 16.9 Å². The van der Waals surface area contributed by atoms with E-state index in [1.54, 1.807) is 12.4 Å². The van der Waals surface area contributed by atoms with Gasteiger partial charge in [0.05, 0.1) is 30.0 Å². The molecule has 4 aromatic rings. The Labute approximate surface area is 155 Å². The maximum Gasteiger partial charge on any atom is 0.180 e. The van der Waals surface area contributed by atoms with Crippen LogP contribution in [0, 0.1) is 0 Å². The quantitative estimate of drug-likeness (QED) is 0.508. The summed E-state index contributed by atoms with van der Waals surface area (Å²) in [6.07, 6.45) is 10.9. The maximum atomic E-state index is 4.59. The second kappa shape index (κ2) is 6.69. The predicted octanol–water partition coefficient (Wildman–Crippen LogP) is 1.67. The van der Waals surface area contributed by atoms with Crippen LogP contribution < -0.4 is 15.5 Å². The first-order valence-corrected chi connectivity index (χ1v) is 8.88. The number of fused-ring (bicyclic) bond motifs is 1. The largest absolute Gasteiger partial charge is 0.354 e. The number of hydrogen-bond acceptors (Lipinski definition) is 7. The number of H-pyrrole nitrogens is 1. The van der Waals surface area contributed by atoms with Gasteiger partial charge in [0, 0.05) is 50.3 Å². The third kappa shape index (κ3) is 2.97. The summed E-state index contributed by atoms with van der Waals surface area (Å²) in [6.45, 7) is 3.94. The van der Waals surface area contributed by atoms with Crippen LogP contribution in [0.15, 0.2) is 49.3 Å². The van der Waals surface area contributed by atoms with E-state index < -0.39 is 0 Å². The van der Waals surface area contributed by atoms with Gasteiger partial charge in [-0.25, -0.2) is 15.0 Å². The molecule has 1 saturated heterocycles. The second-order valence-electron chi connectivity index (χ2n) is 6.37. The van der Waals surface area contributed by atoms with Crippen molar-refractivity contribution in [1.82, 2.24) is 34.9 Å². The molecule has 0 amide bonds. The Bertz CT molecular complexity index is 1030. The fourth-order valence-electron chi connectivity index (χ4n) is 3.29. The number of nitrogens with zero attached hydrogens (tertiary/aromatic N) is 6. The van der Waals surface area contributed by atoms with Gasteiger partial charge in [0.25, 0.3) is 0 Å². The molecule has 5 rings (SSSR count). The number of piperazine rings is 1. The molecule has 0 aliphatic carbocycles. The maximum absolute atomic E-state index is 4.59. The number of imidazole rings is 1. The van der Waals surface area contributed by atoms with Crippen molar-refractivity contribution in [3.8, 4) is 11.3 Å². The summed E-state index contributed by atoms with van der Waals surface area (Å²) in [6, 6.07) is 4.06. The number of rotatable bonds is 4. The molecule has 1 aliphatic heterocycles. The van der Waals surface area contributed by atoms with E-state index in [0.717, 1.165) is 54.6 Å². The van der Waals surface area contributed by atoms with Crippen LogP contribution in [0.2, 0.25) is 0 Å². The Hall–Kier alpha value is -3.46. The zero-order valence-electron chi connectivity index (χ0n) is 14.6. The van der Waals surface area contributed by atoms with Gasteiger partial charge in [-0.15, -0.1) is 0 Å². The Morgan fingerprint density at radius 2 is 1.93 bits per heavy atom. The SMILES string of the molecule is c1cn2c(-c3cn[nH]c3)cnc(Nc3ccc(N4CCNCC4)nc3)c2n1. The van der Waals surface area contributed by atoms with Crippen LogP contribution in [0.5, 0.6) is 0 Å². The molecule has 0 bridgehead atoms. The molecule has 5 heterocycles. The van der Waals surface area contributed by atoms with Crippen LogP contribution in [0.4, 0.5) is 17.3 Å². The highest BCUT2D eigenvalue weighted by molar-refractivity contribution is 5.73. The number of pyridine rings is 1. The van der Waals surface area contributed by atoms with Crippen LogP contribution in [0.3, 0.4) is 0 Å². The van der Waals surface area contributed by atoms with Crippen molar-refractivity contribution in [2.75, 3.05) is 36.4 Å². The van der Waals surface area contributed by atoms with Crippen molar-refractivity contribution in [3.63, 3.8) is 0 Å². The van der Waals surface area contributed by atoms with E-state index in [4.69, 9.17) is 0 Å². The Balaban J connectivity index is 1.42. The summed E-state index contributed by atoms with van der Waals surface area (Å²) < 4.78 is 1.99. The molecule has 0 atom stereocenters. The van der Waals surface area contributed by atoms with Crippen LogP contribution >= 0.6 is 0 Å². The first-order valence-electron chi connectivity index (χ1n) is 8.88. The molecule has 1 fully saturated rings. The van der Waals surface area contributed by atoms with Gasteiger partial charge < -0.3 is 15.5 Å². The van der Waals surface area contributed by atoms with Gasteiger partial charge in [0.15, 0.2) is 11.5 Å². The second-order valence-corrected chi connectivity index (χ2v) is 6.37. The molecular formula is C18H19N9. The highest BCUT2D eigenvalue weighted by Gasteiger charge is 2.13. The zero-order valence-corrected chi connectivity index (χ0v) is 14.6. The molecule has 0 unspecified atom stereocenters. The van der Waals surface area contributed by atoms with E-state index in [-0.39, 0.29) is 0 Å². The molecule has 0 saturated carbocycles. The number of aromatic nitrogens is 6. The first kappa shape index (κ1) is 15.8. The summed E-state index contributed by atoms with van der Waals surface area (Å²) >= 11 is 0. The minimum atomic E-state index is 0.684. The molecular weight excluding hydrogens is 342 g/mol. The van der Waals surface area contributed by atoms with Crippen molar-refractivity contribution in [2.24, 2.45) is 0 Å². The van der Waals surface area contributed by atoms with E-state index >= 15 is 0 Å². The molecule has 1 aliphatic rings. The van der Waals surface area contributed by atoms with E-state index in [1.165, 1.54) is 0 Å². The fourth-order valence-corrected chi connectivity index (χ4v) is 3.29. The van der Waals surface area contributed by atoms with Gasteiger partial charge in [0.2, 0.25) is 0 Å². The summed E-state index contributed by atoms with van der Waals surface area (Å²) in [4.78, 5) is 15.9. The molecule has 9 nitrogen and oxygen atoms in total. The van der Waals surface area contributed by atoms with Crippen LogP contribution in [0.1, 0.15) is 0 Å². The standard InChI is InChI=1S/C18H19N9/c1-2-16(26-6-3-19-4-7-26)21-11-14(1)25-17-18-20-5-8-27(18)15(12-22-17)13-9-23-24-10-13/h1-2,5,8-12,19H,3-4,6-7H2,(H,22,25)(H,23,24). The van der Waals surface area contributed by atoms with Gasteiger partial charge in [-0.3, -0.25) is 9.50 Å². The zero-order chi connectivity index (χ0) is 18.1. The van der Waals surface area contributed by atoms with Crippen LogP contribution in [-0.4, -0.2) is 55.7 Å². The van der Waals surface area contributed by atoms with E-state index in [2.05, 4.69) is 40.7 Å². The average molecular weight is 361 g/mol. The predicted molar refractivity (Wildman–Crippen MR) is 103 cm³/mol. The fraction of sp³-hybridized carbons (Fsp3) is 0.222. The third-order valence-corrected chi connectivity index (χ3v) is 4.67. The minimum Gasteiger partial charge on any atom is -0.354 e.